The molecule has 0 saturated heterocycles. The molecule has 62 heavy (non-hydrogen) atoms. The van der Waals surface area contributed by atoms with Crippen molar-refractivity contribution in [1.29, 1.82) is 0 Å². The lowest BCUT2D eigenvalue weighted by Gasteiger charge is -2.16. The van der Waals surface area contributed by atoms with Gasteiger partial charge in [0.15, 0.2) is 23.1 Å². The molecule has 0 atom stereocenters. The third-order valence-corrected chi connectivity index (χ3v) is 11.7. The first-order chi connectivity index (χ1) is 30.7. The van der Waals surface area contributed by atoms with Gasteiger partial charge in [-0.2, -0.15) is 0 Å². The van der Waals surface area contributed by atoms with Crippen LogP contribution in [0.3, 0.4) is 0 Å². The van der Waals surface area contributed by atoms with Gasteiger partial charge in [0, 0.05) is 44.4 Å². The molecule has 0 aliphatic rings. The van der Waals surface area contributed by atoms with Crippen molar-refractivity contribution in [3.8, 4) is 73.4 Å². The maximum Gasteiger partial charge on any atom is 0.167 e. The Kier molecular flexibility index (Phi) is 8.38. The predicted octanol–water partition coefficient (Wildman–Crippen LogP) is 14.3. The minimum atomic E-state index is 0.508. The van der Waals surface area contributed by atoms with Crippen LogP contribution in [0.25, 0.3) is 117 Å². The average molecular weight is 794 g/mol. The van der Waals surface area contributed by atoms with Crippen molar-refractivity contribution in [2.75, 3.05) is 0 Å². The smallest absolute Gasteiger partial charge is 0.167 e. The molecule has 0 saturated carbocycles. The van der Waals surface area contributed by atoms with Crippen molar-refractivity contribution in [3.63, 3.8) is 0 Å². The van der Waals surface area contributed by atoms with Gasteiger partial charge in [-0.15, -0.1) is 0 Å². The zero-order chi connectivity index (χ0) is 41.0. The molecule has 290 valence electrons. The Balaban J connectivity index is 1.17. The zero-order valence-corrected chi connectivity index (χ0v) is 33.4. The second-order valence-electron chi connectivity index (χ2n) is 15.4. The maximum atomic E-state index is 6.76. The van der Waals surface area contributed by atoms with Crippen molar-refractivity contribution in [3.05, 3.63) is 212 Å². The first-order valence-corrected chi connectivity index (χ1v) is 20.7. The number of para-hydroxylation sites is 2. The largest absolute Gasteiger partial charge is 0.454 e. The number of rotatable bonds is 7. The first kappa shape index (κ1) is 35.5. The molecule has 0 N–H and O–H groups in total. The molecule has 6 heteroatoms. The summed E-state index contributed by atoms with van der Waals surface area (Å²) in [5.74, 6) is 2.34. The number of hydrogen-bond donors (Lipinski definition) is 0. The fraction of sp³-hybridized carbons (Fsp3) is 0. The Morgan fingerprint density at radius 3 is 1.56 bits per heavy atom. The molecule has 0 aliphatic carbocycles. The SMILES string of the molecule is c1ccc(-c2nc(-c3ccccc3)nc(-c3cc(-c4ccc(-c5ccccc5)c(-c5ccccc5)c4)cnc3-n3c4ccccc4c4ccc5c6ccccc6oc5c43)n2)cc1. The van der Waals surface area contributed by atoms with Gasteiger partial charge in [0.1, 0.15) is 11.4 Å². The van der Waals surface area contributed by atoms with Gasteiger partial charge in [0.05, 0.1) is 16.6 Å². The van der Waals surface area contributed by atoms with Crippen LogP contribution < -0.4 is 0 Å². The minimum Gasteiger partial charge on any atom is -0.454 e. The van der Waals surface area contributed by atoms with Crippen LogP contribution in [0, 0.1) is 0 Å². The molecule has 12 rings (SSSR count). The van der Waals surface area contributed by atoms with Crippen molar-refractivity contribution in [2.24, 2.45) is 0 Å². The summed E-state index contributed by atoms with van der Waals surface area (Å²) in [4.78, 5) is 21.1. The van der Waals surface area contributed by atoms with E-state index in [0.29, 0.717) is 23.3 Å². The molecule has 4 aromatic heterocycles. The number of hydrogen-bond acceptors (Lipinski definition) is 5. The number of furan rings is 1. The Morgan fingerprint density at radius 1 is 0.355 bits per heavy atom. The fourth-order valence-corrected chi connectivity index (χ4v) is 8.79. The number of benzene rings is 8. The van der Waals surface area contributed by atoms with Gasteiger partial charge >= 0.3 is 0 Å². The fourth-order valence-electron chi connectivity index (χ4n) is 8.79. The summed E-state index contributed by atoms with van der Waals surface area (Å²) in [5.41, 5.74) is 12.6. The van der Waals surface area contributed by atoms with Gasteiger partial charge in [0.2, 0.25) is 0 Å². The lowest BCUT2D eigenvalue weighted by molar-refractivity contribution is 0.671. The topological polar surface area (TPSA) is 69.6 Å². The molecule has 0 unspecified atom stereocenters. The van der Waals surface area contributed by atoms with Crippen LogP contribution >= 0.6 is 0 Å². The molecule has 12 aromatic rings. The number of fused-ring (bicyclic) bond motifs is 7. The Morgan fingerprint density at radius 2 is 0.887 bits per heavy atom. The van der Waals surface area contributed by atoms with E-state index in [1.807, 2.05) is 79.0 Å². The van der Waals surface area contributed by atoms with Gasteiger partial charge in [0.25, 0.3) is 0 Å². The van der Waals surface area contributed by atoms with Crippen molar-refractivity contribution in [2.45, 2.75) is 0 Å². The lowest BCUT2D eigenvalue weighted by atomic mass is 9.91. The normalized spacial score (nSPS) is 11.5. The Bertz CT molecular complexity index is 3560. The maximum absolute atomic E-state index is 6.76. The van der Waals surface area contributed by atoms with Crippen LogP contribution in [-0.4, -0.2) is 24.5 Å². The van der Waals surface area contributed by atoms with E-state index in [1.54, 1.807) is 0 Å². The molecular formula is C56H35N5O. The Hall–Kier alpha value is -8.48. The standard InChI is InChI=1S/C56H35N5O/c1-5-17-36(18-6-1)42-30-29-40(33-47(42)37-19-7-2-8-20-37)41-34-48(55-59-53(38-21-9-3-10-22-38)58-54(60-55)39-23-11-4-12-24-39)56(57-35-41)61-49-27-15-13-25-43(49)45-31-32-46-44-26-14-16-28-50(44)62-52(46)51(45)61/h1-35H. The molecule has 0 amide bonds. The van der Waals surface area contributed by atoms with Crippen molar-refractivity contribution >= 4 is 43.7 Å². The van der Waals surface area contributed by atoms with Gasteiger partial charge < -0.3 is 4.42 Å². The third-order valence-electron chi connectivity index (χ3n) is 11.7. The summed E-state index contributed by atoms with van der Waals surface area (Å²) in [5, 5.41) is 4.27. The lowest BCUT2D eigenvalue weighted by Crippen LogP contribution is -2.06. The summed E-state index contributed by atoms with van der Waals surface area (Å²) in [6.07, 6.45) is 1.97. The molecule has 8 aromatic carbocycles. The summed E-state index contributed by atoms with van der Waals surface area (Å²) in [7, 11) is 0. The number of aromatic nitrogens is 5. The molecule has 6 nitrogen and oxygen atoms in total. The molecule has 4 heterocycles. The van der Waals surface area contributed by atoms with Gasteiger partial charge in [-0.25, -0.2) is 19.9 Å². The monoisotopic (exact) mass is 793 g/mol. The highest BCUT2D eigenvalue weighted by Crippen LogP contribution is 2.43. The highest BCUT2D eigenvalue weighted by molar-refractivity contribution is 6.21. The summed E-state index contributed by atoms with van der Waals surface area (Å²) >= 11 is 0. The van der Waals surface area contributed by atoms with E-state index < -0.39 is 0 Å². The van der Waals surface area contributed by atoms with Crippen LogP contribution in [-0.2, 0) is 0 Å². The summed E-state index contributed by atoms with van der Waals surface area (Å²) in [6, 6.07) is 71.2. The van der Waals surface area contributed by atoms with Gasteiger partial charge in [-0.1, -0.05) is 176 Å². The van der Waals surface area contributed by atoms with E-state index >= 15 is 0 Å². The second kappa shape index (κ2) is 14.7. The van der Waals surface area contributed by atoms with Crippen LogP contribution in [0.5, 0.6) is 0 Å². The summed E-state index contributed by atoms with van der Waals surface area (Å²) in [6.45, 7) is 0. The highest BCUT2D eigenvalue weighted by Gasteiger charge is 2.24. The molecule has 0 spiro atoms. The van der Waals surface area contributed by atoms with E-state index in [4.69, 9.17) is 24.4 Å². The zero-order valence-electron chi connectivity index (χ0n) is 33.4. The number of pyridine rings is 1. The molecule has 0 bridgehead atoms. The quantitative estimate of drug-likeness (QED) is 0.161. The average Bonchev–Trinajstić information content (AvgIpc) is 3.91. The predicted molar refractivity (Wildman–Crippen MR) is 252 cm³/mol. The molecule has 0 radical (unpaired) electrons. The van der Waals surface area contributed by atoms with Gasteiger partial charge in [-0.3, -0.25) is 4.57 Å². The van der Waals surface area contributed by atoms with Crippen molar-refractivity contribution < 1.29 is 4.42 Å². The van der Waals surface area contributed by atoms with E-state index in [2.05, 4.69) is 138 Å². The van der Waals surface area contributed by atoms with Crippen molar-refractivity contribution in [1.82, 2.24) is 24.5 Å². The molecular weight excluding hydrogens is 759 g/mol. The van der Waals surface area contributed by atoms with E-state index in [-0.39, 0.29) is 0 Å². The highest BCUT2D eigenvalue weighted by atomic mass is 16.3. The molecule has 0 aliphatic heterocycles. The van der Waals surface area contributed by atoms with Crippen LogP contribution in [0.1, 0.15) is 0 Å². The molecule has 0 fully saturated rings. The van der Waals surface area contributed by atoms with Crippen LogP contribution in [0.4, 0.5) is 0 Å². The third kappa shape index (κ3) is 5.96. The van der Waals surface area contributed by atoms with E-state index in [1.165, 1.54) is 0 Å². The van der Waals surface area contributed by atoms with E-state index in [9.17, 15) is 0 Å². The first-order valence-electron chi connectivity index (χ1n) is 20.7. The second-order valence-corrected chi connectivity index (χ2v) is 15.4. The van der Waals surface area contributed by atoms with E-state index in [0.717, 1.165) is 93.8 Å². The number of nitrogens with zero attached hydrogens (tertiary/aromatic N) is 5. The van der Waals surface area contributed by atoms with Crippen LogP contribution in [0.2, 0.25) is 0 Å². The summed E-state index contributed by atoms with van der Waals surface area (Å²) < 4.78 is 9.00. The minimum absolute atomic E-state index is 0.508. The Labute approximate surface area is 357 Å². The van der Waals surface area contributed by atoms with Gasteiger partial charge in [-0.05, 0) is 58.1 Å². The van der Waals surface area contributed by atoms with Crippen LogP contribution in [0.15, 0.2) is 217 Å².